The average molecular weight is 172 g/mol. The molecule has 0 saturated carbocycles. The lowest BCUT2D eigenvalue weighted by molar-refractivity contribution is 0.0686. The van der Waals surface area contributed by atoms with Crippen molar-refractivity contribution in [1.82, 2.24) is 10.2 Å². The maximum atomic E-state index is 10.4. The number of hydrogen-bond donors (Lipinski definition) is 3. The Balaban J connectivity index is 3.10. The van der Waals surface area contributed by atoms with Gasteiger partial charge in [0.15, 0.2) is 5.69 Å². The molecule has 1 aromatic rings. The molecule has 0 aliphatic heterocycles. The molecular formula is C6H8N2O2S. The molecule has 0 unspecified atom stereocenters. The largest absolute Gasteiger partial charge is 0.476 e. The number of aromatic amines is 1. The van der Waals surface area contributed by atoms with Crippen LogP contribution in [0, 0.1) is 0 Å². The predicted octanol–water partition coefficient (Wildman–Crippen LogP) is 0.959. The minimum Gasteiger partial charge on any atom is -0.476 e. The van der Waals surface area contributed by atoms with E-state index in [1.165, 1.54) is 0 Å². The van der Waals surface area contributed by atoms with Crippen LogP contribution in [0.3, 0.4) is 0 Å². The van der Waals surface area contributed by atoms with Gasteiger partial charge in [-0.15, -0.1) is 12.6 Å². The molecule has 0 aromatic carbocycles. The topological polar surface area (TPSA) is 66.0 Å². The van der Waals surface area contributed by atoms with E-state index in [9.17, 15) is 4.79 Å². The lowest BCUT2D eigenvalue weighted by Crippen LogP contribution is -1.97. The normalized spacial score (nSPS) is 10.0. The second-order valence-electron chi connectivity index (χ2n) is 2.06. The van der Waals surface area contributed by atoms with Crippen molar-refractivity contribution in [3.8, 4) is 0 Å². The van der Waals surface area contributed by atoms with Crippen molar-refractivity contribution < 1.29 is 9.90 Å². The molecule has 0 aliphatic carbocycles. The summed E-state index contributed by atoms with van der Waals surface area (Å²) in [5.74, 6) is -1.05. The summed E-state index contributed by atoms with van der Waals surface area (Å²) in [5, 5.41) is 14.7. The SMILES string of the molecule is CCc1[nH]nc(C(=O)O)c1S. The smallest absolute Gasteiger partial charge is 0.357 e. The van der Waals surface area contributed by atoms with Crippen molar-refractivity contribution in [2.45, 2.75) is 18.2 Å². The van der Waals surface area contributed by atoms with Gasteiger partial charge < -0.3 is 5.11 Å². The Bertz CT molecular complexity index is 282. The second kappa shape index (κ2) is 2.96. The summed E-state index contributed by atoms with van der Waals surface area (Å²) in [7, 11) is 0. The number of thiol groups is 1. The number of rotatable bonds is 2. The molecule has 11 heavy (non-hydrogen) atoms. The van der Waals surface area contributed by atoms with Crippen molar-refractivity contribution in [2.24, 2.45) is 0 Å². The Morgan fingerprint density at radius 3 is 2.73 bits per heavy atom. The van der Waals surface area contributed by atoms with Crippen LogP contribution < -0.4 is 0 Å². The van der Waals surface area contributed by atoms with Gasteiger partial charge in [0.1, 0.15) is 0 Å². The van der Waals surface area contributed by atoms with Crippen molar-refractivity contribution in [2.75, 3.05) is 0 Å². The zero-order valence-corrected chi connectivity index (χ0v) is 6.85. The molecule has 0 fully saturated rings. The number of aromatic carboxylic acids is 1. The summed E-state index contributed by atoms with van der Waals surface area (Å²) in [4.78, 5) is 10.9. The Hall–Kier alpha value is -0.970. The first-order valence-electron chi connectivity index (χ1n) is 3.16. The number of nitrogens with zero attached hydrogens (tertiary/aromatic N) is 1. The standard InChI is InChI=1S/C6H8N2O2S/c1-2-3-5(11)4(6(9)10)8-7-3/h11H,2H2,1H3,(H,7,8)(H,9,10). The fourth-order valence-corrected chi connectivity index (χ4v) is 1.12. The van der Waals surface area contributed by atoms with E-state index < -0.39 is 5.97 Å². The van der Waals surface area contributed by atoms with Crippen LogP contribution in [0.15, 0.2) is 4.90 Å². The molecule has 2 N–H and O–H groups in total. The molecule has 0 radical (unpaired) electrons. The minimum atomic E-state index is -1.05. The Labute approximate surface area is 69.0 Å². The van der Waals surface area contributed by atoms with E-state index in [1.807, 2.05) is 6.92 Å². The van der Waals surface area contributed by atoms with Crippen molar-refractivity contribution in [1.29, 1.82) is 0 Å². The van der Waals surface area contributed by atoms with Gasteiger partial charge in [-0.25, -0.2) is 4.79 Å². The van der Waals surface area contributed by atoms with Crippen LogP contribution in [0.2, 0.25) is 0 Å². The van der Waals surface area contributed by atoms with E-state index in [2.05, 4.69) is 22.8 Å². The fraction of sp³-hybridized carbons (Fsp3) is 0.333. The van der Waals surface area contributed by atoms with Gasteiger partial charge >= 0.3 is 5.97 Å². The maximum absolute atomic E-state index is 10.4. The molecule has 5 heteroatoms. The summed E-state index contributed by atoms with van der Waals surface area (Å²) in [6.07, 6.45) is 0.707. The Morgan fingerprint density at radius 2 is 2.45 bits per heavy atom. The summed E-state index contributed by atoms with van der Waals surface area (Å²) in [6, 6.07) is 0. The summed E-state index contributed by atoms with van der Waals surface area (Å²) >= 11 is 4.01. The molecule has 0 amide bonds. The van der Waals surface area contributed by atoms with Crippen LogP contribution in [-0.4, -0.2) is 21.3 Å². The minimum absolute atomic E-state index is 0.00909. The zero-order valence-electron chi connectivity index (χ0n) is 5.96. The zero-order chi connectivity index (χ0) is 8.43. The van der Waals surface area contributed by atoms with E-state index >= 15 is 0 Å². The maximum Gasteiger partial charge on any atom is 0.357 e. The monoisotopic (exact) mass is 172 g/mol. The molecule has 1 rings (SSSR count). The number of nitrogens with one attached hydrogen (secondary N) is 1. The van der Waals surface area contributed by atoms with E-state index in [-0.39, 0.29) is 5.69 Å². The molecule has 60 valence electrons. The van der Waals surface area contributed by atoms with Crippen LogP contribution >= 0.6 is 12.6 Å². The first-order valence-corrected chi connectivity index (χ1v) is 3.61. The van der Waals surface area contributed by atoms with Gasteiger partial charge in [-0.3, -0.25) is 5.10 Å². The van der Waals surface area contributed by atoms with Crippen LogP contribution in [0.4, 0.5) is 0 Å². The molecule has 1 aromatic heterocycles. The van der Waals surface area contributed by atoms with Gasteiger partial charge in [0.25, 0.3) is 0 Å². The predicted molar refractivity (Wildman–Crippen MR) is 42.2 cm³/mol. The Kier molecular flexibility index (Phi) is 2.19. The Morgan fingerprint density at radius 1 is 1.82 bits per heavy atom. The van der Waals surface area contributed by atoms with Crippen LogP contribution in [0.1, 0.15) is 23.1 Å². The van der Waals surface area contributed by atoms with Crippen LogP contribution in [0.5, 0.6) is 0 Å². The average Bonchev–Trinajstić information content (AvgIpc) is 2.30. The first-order chi connectivity index (χ1) is 5.16. The van der Waals surface area contributed by atoms with Gasteiger partial charge in [0.05, 0.1) is 4.90 Å². The number of carboxylic acids is 1. The van der Waals surface area contributed by atoms with E-state index in [0.29, 0.717) is 11.3 Å². The third-order valence-electron chi connectivity index (χ3n) is 1.37. The number of aryl methyl sites for hydroxylation is 1. The highest BCUT2D eigenvalue weighted by molar-refractivity contribution is 7.80. The van der Waals surface area contributed by atoms with Crippen molar-refractivity contribution >= 4 is 18.6 Å². The lowest BCUT2D eigenvalue weighted by atomic mass is 10.3. The quantitative estimate of drug-likeness (QED) is 0.582. The summed E-state index contributed by atoms with van der Waals surface area (Å²) < 4.78 is 0. The third-order valence-corrected chi connectivity index (χ3v) is 1.85. The molecule has 0 bridgehead atoms. The van der Waals surface area contributed by atoms with E-state index in [1.54, 1.807) is 0 Å². The van der Waals surface area contributed by atoms with Gasteiger partial charge in [0.2, 0.25) is 0 Å². The van der Waals surface area contributed by atoms with Crippen molar-refractivity contribution in [3.05, 3.63) is 11.4 Å². The lowest BCUT2D eigenvalue weighted by Gasteiger charge is -1.89. The molecular weight excluding hydrogens is 164 g/mol. The molecule has 1 heterocycles. The highest BCUT2D eigenvalue weighted by atomic mass is 32.1. The number of carboxylic acid groups (broad SMARTS) is 1. The first kappa shape index (κ1) is 8.13. The fourth-order valence-electron chi connectivity index (χ4n) is 0.768. The van der Waals surface area contributed by atoms with Crippen LogP contribution in [-0.2, 0) is 6.42 Å². The van der Waals surface area contributed by atoms with Crippen LogP contribution in [0.25, 0.3) is 0 Å². The van der Waals surface area contributed by atoms with Gasteiger partial charge in [-0.05, 0) is 6.42 Å². The highest BCUT2D eigenvalue weighted by Gasteiger charge is 2.13. The van der Waals surface area contributed by atoms with Gasteiger partial charge in [-0.2, -0.15) is 5.10 Å². The molecule has 0 atom stereocenters. The summed E-state index contributed by atoms with van der Waals surface area (Å²) in [6.45, 7) is 1.90. The van der Waals surface area contributed by atoms with Crippen molar-refractivity contribution in [3.63, 3.8) is 0 Å². The molecule has 0 spiro atoms. The number of H-pyrrole nitrogens is 1. The number of carbonyl (C=O) groups is 1. The highest BCUT2D eigenvalue weighted by Crippen LogP contribution is 2.15. The number of aromatic nitrogens is 2. The van der Waals surface area contributed by atoms with Gasteiger partial charge in [-0.1, -0.05) is 6.92 Å². The summed E-state index contributed by atoms with van der Waals surface area (Å²) in [5.41, 5.74) is 0.746. The third kappa shape index (κ3) is 1.37. The molecule has 0 aliphatic rings. The van der Waals surface area contributed by atoms with E-state index in [0.717, 1.165) is 5.69 Å². The van der Waals surface area contributed by atoms with Gasteiger partial charge in [0, 0.05) is 5.69 Å². The van der Waals surface area contributed by atoms with E-state index in [4.69, 9.17) is 5.11 Å². The number of hydrogen-bond acceptors (Lipinski definition) is 3. The second-order valence-corrected chi connectivity index (χ2v) is 2.51. The molecule has 0 saturated heterocycles. The molecule has 4 nitrogen and oxygen atoms in total.